The molecule has 4 heteroatoms. The number of nitrogens with two attached hydrogens (primary N) is 1. The molecule has 3 rings (SSSR count). The van der Waals surface area contributed by atoms with Crippen molar-refractivity contribution in [2.24, 2.45) is 5.16 Å². The van der Waals surface area contributed by atoms with E-state index in [2.05, 4.69) is 10.5 Å². The summed E-state index contributed by atoms with van der Waals surface area (Å²) in [6, 6.07) is 24.8. The largest absolute Gasteiger partial charge is 0.410 e. The first-order valence-corrected chi connectivity index (χ1v) is 7.27. The van der Waals surface area contributed by atoms with E-state index in [1.165, 1.54) is 0 Å². The summed E-state index contributed by atoms with van der Waals surface area (Å²) in [4.78, 5) is 0. The van der Waals surface area contributed by atoms with Crippen molar-refractivity contribution in [1.29, 1.82) is 0 Å². The number of nitrogens with one attached hydrogen (secondary N) is 1. The second kappa shape index (κ2) is 6.66. The van der Waals surface area contributed by atoms with E-state index in [0.29, 0.717) is 11.4 Å². The molecule has 23 heavy (non-hydrogen) atoms. The Balaban J connectivity index is 1.83. The fraction of sp³-hybridized carbons (Fsp3) is 0. The van der Waals surface area contributed by atoms with Crippen molar-refractivity contribution in [3.8, 4) is 0 Å². The molecule has 0 bridgehead atoms. The van der Waals surface area contributed by atoms with E-state index in [1.54, 1.807) is 0 Å². The van der Waals surface area contributed by atoms with E-state index in [-0.39, 0.29) is 0 Å². The lowest BCUT2D eigenvalue weighted by molar-refractivity contribution is 0.319. The first-order valence-electron chi connectivity index (χ1n) is 7.27. The monoisotopic (exact) mass is 303 g/mol. The minimum absolute atomic E-state index is 0.538. The zero-order valence-electron chi connectivity index (χ0n) is 12.5. The Labute approximate surface area is 134 Å². The predicted octanol–water partition coefficient (Wildman–Crippen LogP) is 4.24. The van der Waals surface area contributed by atoms with Crippen LogP contribution in [0.3, 0.4) is 0 Å². The van der Waals surface area contributed by atoms with Gasteiger partial charge in [0.1, 0.15) is 5.71 Å². The van der Waals surface area contributed by atoms with Crippen LogP contribution in [-0.4, -0.2) is 10.9 Å². The molecule has 0 aliphatic heterocycles. The highest BCUT2D eigenvalue weighted by molar-refractivity contribution is 6.12. The average Bonchev–Trinajstić information content (AvgIpc) is 2.60. The number of para-hydroxylation sites is 2. The molecular formula is C19H17N3O. The maximum absolute atomic E-state index is 9.33. The third-order valence-corrected chi connectivity index (χ3v) is 3.55. The number of nitrogens with zero attached hydrogens (tertiary/aromatic N) is 1. The summed E-state index contributed by atoms with van der Waals surface area (Å²) in [5.41, 5.74) is 10.6. The van der Waals surface area contributed by atoms with Crippen LogP contribution in [-0.2, 0) is 0 Å². The summed E-state index contributed by atoms with van der Waals surface area (Å²) >= 11 is 0. The van der Waals surface area contributed by atoms with E-state index in [1.807, 2.05) is 78.9 Å². The molecule has 4 N–H and O–H groups in total. The molecule has 0 aromatic heterocycles. The van der Waals surface area contributed by atoms with Gasteiger partial charge in [-0.3, -0.25) is 0 Å². The maximum atomic E-state index is 9.33. The predicted molar refractivity (Wildman–Crippen MR) is 94.4 cm³/mol. The third kappa shape index (κ3) is 3.32. The minimum atomic E-state index is 0.538. The maximum Gasteiger partial charge on any atom is 0.117 e. The zero-order chi connectivity index (χ0) is 16.1. The highest BCUT2D eigenvalue weighted by Crippen LogP contribution is 2.23. The number of hydrogen-bond acceptors (Lipinski definition) is 4. The van der Waals surface area contributed by atoms with E-state index < -0.39 is 0 Å². The summed E-state index contributed by atoms with van der Waals surface area (Å²) in [6.45, 7) is 0. The normalized spacial score (nSPS) is 11.2. The van der Waals surface area contributed by atoms with Gasteiger partial charge >= 0.3 is 0 Å². The zero-order valence-corrected chi connectivity index (χ0v) is 12.5. The second-order valence-electron chi connectivity index (χ2n) is 5.10. The van der Waals surface area contributed by atoms with Gasteiger partial charge in [-0.1, -0.05) is 59.8 Å². The molecule has 0 radical (unpaired) electrons. The molecule has 0 aliphatic carbocycles. The Morgan fingerprint density at radius 1 is 0.783 bits per heavy atom. The first-order chi connectivity index (χ1) is 11.3. The van der Waals surface area contributed by atoms with Crippen LogP contribution in [0.15, 0.2) is 84.0 Å². The average molecular weight is 303 g/mol. The molecular weight excluding hydrogens is 286 g/mol. The number of oxime groups is 1. The smallest absolute Gasteiger partial charge is 0.117 e. The summed E-state index contributed by atoms with van der Waals surface area (Å²) in [6.07, 6.45) is 0. The molecule has 0 amide bonds. The summed E-state index contributed by atoms with van der Waals surface area (Å²) in [5, 5.41) is 16.0. The molecule has 3 aromatic rings. The van der Waals surface area contributed by atoms with Gasteiger partial charge in [0, 0.05) is 16.8 Å². The van der Waals surface area contributed by atoms with Crippen LogP contribution < -0.4 is 11.1 Å². The topological polar surface area (TPSA) is 70.6 Å². The van der Waals surface area contributed by atoms with E-state index in [9.17, 15) is 5.21 Å². The highest BCUT2D eigenvalue weighted by Gasteiger charge is 2.07. The Hall–Kier alpha value is -3.27. The van der Waals surface area contributed by atoms with Gasteiger partial charge in [-0.25, -0.2) is 0 Å². The summed E-state index contributed by atoms with van der Waals surface area (Å²) < 4.78 is 0. The number of nitrogen functional groups attached to an aromatic ring is 1. The Morgan fingerprint density at radius 2 is 1.39 bits per heavy atom. The van der Waals surface area contributed by atoms with Gasteiger partial charge in [-0.05, 0) is 24.3 Å². The molecule has 0 saturated heterocycles. The van der Waals surface area contributed by atoms with Crippen molar-refractivity contribution in [2.45, 2.75) is 0 Å². The number of rotatable bonds is 4. The molecule has 3 aromatic carbocycles. The van der Waals surface area contributed by atoms with Crippen molar-refractivity contribution < 1.29 is 5.21 Å². The molecule has 0 saturated carbocycles. The Morgan fingerprint density at radius 3 is 2.04 bits per heavy atom. The summed E-state index contributed by atoms with van der Waals surface area (Å²) in [7, 11) is 0. The van der Waals surface area contributed by atoms with Crippen LogP contribution in [0.2, 0.25) is 0 Å². The van der Waals surface area contributed by atoms with Crippen LogP contribution in [0.1, 0.15) is 11.1 Å². The summed E-state index contributed by atoms with van der Waals surface area (Å²) in [5.74, 6) is 0. The molecule has 4 nitrogen and oxygen atoms in total. The lowest BCUT2D eigenvalue weighted by Crippen LogP contribution is -2.03. The quantitative estimate of drug-likeness (QED) is 0.292. The lowest BCUT2D eigenvalue weighted by atomic mass is 10.0. The van der Waals surface area contributed by atoms with Crippen molar-refractivity contribution in [3.63, 3.8) is 0 Å². The van der Waals surface area contributed by atoms with Crippen LogP contribution >= 0.6 is 0 Å². The van der Waals surface area contributed by atoms with Crippen molar-refractivity contribution in [2.75, 3.05) is 11.1 Å². The van der Waals surface area contributed by atoms with E-state index in [4.69, 9.17) is 5.73 Å². The van der Waals surface area contributed by atoms with Gasteiger partial charge in [-0.15, -0.1) is 0 Å². The van der Waals surface area contributed by atoms with Crippen molar-refractivity contribution >= 4 is 22.8 Å². The number of anilines is 3. The van der Waals surface area contributed by atoms with Crippen LogP contribution in [0.4, 0.5) is 17.1 Å². The number of benzene rings is 3. The van der Waals surface area contributed by atoms with Crippen LogP contribution in [0.25, 0.3) is 0 Å². The molecule has 0 heterocycles. The number of hydrogen-bond donors (Lipinski definition) is 3. The molecule has 0 fully saturated rings. The van der Waals surface area contributed by atoms with Crippen LogP contribution in [0, 0.1) is 0 Å². The molecule has 114 valence electrons. The first kappa shape index (κ1) is 14.7. The SMILES string of the molecule is Nc1ccccc1Nc1ccc(C(=NO)c2ccccc2)cc1. The molecule has 0 unspecified atom stereocenters. The van der Waals surface area contributed by atoms with Gasteiger partial charge in [0.2, 0.25) is 0 Å². The second-order valence-corrected chi connectivity index (χ2v) is 5.10. The van der Waals surface area contributed by atoms with Crippen molar-refractivity contribution in [1.82, 2.24) is 0 Å². The van der Waals surface area contributed by atoms with Gasteiger partial charge in [0.05, 0.1) is 11.4 Å². The standard InChI is InChI=1S/C19H17N3O/c20-17-8-4-5-9-18(17)21-16-12-10-15(11-13-16)19(22-23)14-6-2-1-3-7-14/h1-13,21,23H,20H2. The molecule has 0 atom stereocenters. The van der Waals surface area contributed by atoms with E-state index >= 15 is 0 Å². The van der Waals surface area contributed by atoms with Gasteiger partial charge in [0.25, 0.3) is 0 Å². The Bertz CT molecular complexity index is 812. The van der Waals surface area contributed by atoms with E-state index in [0.717, 1.165) is 22.5 Å². The lowest BCUT2D eigenvalue weighted by Gasteiger charge is -2.10. The third-order valence-electron chi connectivity index (χ3n) is 3.55. The van der Waals surface area contributed by atoms with Crippen molar-refractivity contribution in [3.05, 3.63) is 90.0 Å². The van der Waals surface area contributed by atoms with Gasteiger partial charge in [-0.2, -0.15) is 0 Å². The minimum Gasteiger partial charge on any atom is -0.410 e. The van der Waals surface area contributed by atoms with Gasteiger partial charge < -0.3 is 16.3 Å². The fourth-order valence-corrected chi connectivity index (χ4v) is 2.36. The van der Waals surface area contributed by atoms with Crippen LogP contribution in [0.5, 0.6) is 0 Å². The molecule has 0 aliphatic rings. The fourth-order valence-electron chi connectivity index (χ4n) is 2.36. The van der Waals surface area contributed by atoms with Gasteiger partial charge in [0.15, 0.2) is 0 Å². The Kier molecular flexibility index (Phi) is 4.25. The molecule has 0 spiro atoms. The highest BCUT2D eigenvalue weighted by atomic mass is 16.4.